The Labute approximate surface area is 179 Å². The van der Waals surface area contributed by atoms with Gasteiger partial charge in [-0.15, -0.1) is 24.0 Å². The van der Waals surface area contributed by atoms with Crippen molar-refractivity contribution in [1.29, 1.82) is 0 Å². The summed E-state index contributed by atoms with van der Waals surface area (Å²) < 4.78 is 7.57. The lowest BCUT2D eigenvalue weighted by molar-refractivity contribution is 0.411. The maximum absolute atomic E-state index is 5.39. The zero-order chi connectivity index (χ0) is 18.9. The zero-order valence-corrected chi connectivity index (χ0v) is 19.3. The molecular formula is C20H32IN5O. The lowest BCUT2D eigenvalue weighted by Gasteiger charge is -2.14. The molecule has 0 saturated heterocycles. The average molecular weight is 485 g/mol. The van der Waals surface area contributed by atoms with Gasteiger partial charge in [-0.3, -0.25) is 4.99 Å². The number of aliphatic imine (C=N–C) groups is 1. The molecule has 1 aromatic heterocycles. The maximum Gasteiger partial charge on any atom is 0.191 e. The van der Waals surface area contributed by atoms with Crippen LogP contribution in [0.3, 0.4) is 0 Å². The molecule has 0 spiro atoms. The second-order valence-electron chi connectivity index (χ2n) is 6.80. The van der Waals surface area contributed by atoms with E-state index in [0.29, 0.717) is 12.5 Å². The van der Waals surface area contributed by atoms with Crippen molar-refractivity contribution in [1.82, 2.24) is 20.2 Å². The Balaban J connectivity index is 0.00000364. The Kier molecular flexibility index (Phi) is 10.2. The minimum absolute atomic E-state index is 0. The summed E-state index contributed by atoms with van der Waals surface area (Å²) in [6.07, 6.45) is 4.78. The number of nitrogens with one attached hydrogen (secondary N) is 2. The van der Waals surface area contributed by atoms with E-state index >= 15 is 0 Å². The van der Waals surface area contributed by atoms with Gasteiger partial charge in [0.05, 0.1) is 13.7 Å². The molecule has 0 bridgehead atoms. The van der Waals surface area contributed by atoms with Crippen LogP contribution in [0, 0.1) is 12.8 Å². The van der Waals surface area contributed by atoms with Crippen LogP contribution in [-0.4, -0.2) is 36.2 Å². The predicted octanol–water partition coefficient (Wildman–Crippen LogP) is 3.38. The number of methoxy groups -OCH3 is 1. The molecule has 1 aromatic carbocycles. The Hall–Kier alpha value is -1.77. The molecule has 2 N–H and O–H groups in total. The Morgan fingerprint density at radius 1 is 1.30 bits per heavy atom. The van der Waals surface area contributed by atoms with E-state index in [1.807, 2.05) is 12.4 Å². The van der Waals surface area contributed by atoms with Gasteiger partial charge in [0.1, 0.15) is 11.6 Å². The van der Waals surface area contributed by atoms with Crippen LogP contribution in [-0.2, 0) is 19.5 Å². The summed E-state index contributed by atoms with van der Waals surface area (Å²) in [5.41, 5.74) is 2.39. The molecule has 0 fully saturated rings. The standard InChI is InChI=1S/C20H31N5O.HI/c1-15(2)14-25-11-10-22-19(25)13-24-20(21-4)23-9-8-17-7-6-16(3)18(12-17)26-5;/h6-7,10-12,15H,8-9,13-14H2,1-5H3,(H2,21,23,24);1H. The van der Waals surface area contributed by atoms with E-state index in [1.54, 1.807) is 14.2 Å². The molecule has 0 unspecified atom stereocenters. The fourth-order valence-electron chi connectivity index (χ4n) is 2.80. The van der Waals surface area contributed by atoms with Gasteiger partial charge in [0.25, 0.3) is 0 Å². The summed E-state index contributed by atoms with van der Waals surface area (Å²) >= 11 is 0. The third-order valence-electron chi connectivity index (χ3n) is 4.18. The van der Waals surface area contributed by atoms with Crippen LogP contribution in [0.4, 0.5) is 0 Å². The Morgan fingerprint density at radius 3 is 2.74 bits per heavy atom. The van der Waals surface area contributed by atoms with Crippen molar-refractivity contribution in [2.45, 2.75) is 40.3 Å². The summed E-state index contributed by atoms with van der Waals surface area (Å²) in [6, 6.07) is 6.32. The van der Waals surface area contributed by atoms with E-state index in [9.17, 15) is 0 Å². The van der Waals surface area contributed by atoms with Gasteiger partial charge in [-0.1, -0.05) is 26.0 Å². The van der Waals surface area contributed by atoms with Gasteiger partial charge in [0.15, 0.2) is 5.96 Å². The number of aromatic nitrogens is 2. The monoisotopic (exact) mass is 485 g/mol. The Bertz CT molecular complexity index is 727. The quantitative estimate of drug-likeness (QED) is 0.342. The maximum atomic E-state index is 5.39. The third kappa shape index (κ3) is 7.40. The van der Waals surface area contributed by atoms with E-state index in [1.165, 1.54) is 5.56 Å². The van der Waals surface area contributed by atoms with Crippen LogP contribution < -0.4 is 15.4 Å². The van der Waals surface area contributed by atoms with Gasteiger partial charge in [-0.25, -0.2) is 4.98 Å². The Morgan fingerprint density at radius 2 is 2.07 bits per heavy atom. The summed E-state index contributed by atoms with van der Waals surface area (Å²) in [4.78, 5) is 8.72. The van der Waals surface area contributed by atoms with Gasteiger partial charge in [-0.2, -0.15) is 0 Å². The smallest absolute Gasteiger partial charge is 0.191 e. The molecule has 0 amide bonds. The number of imidazole rings is 1. The zero-order valence-electron chi connectivity index (χ0n) is 17.0. The van der Waals surface area contributed by atoms with Crippen LogP contribution >= 0.6 is 24.0 Å². The molecule has 7 heteroatoms. The summed E-state index contributed by atoms with van der Waals surface area (Å²) in [7, 11) is 3.49. The minimum Gasteiger partial charge on any atom is -0.496 e. The molecule has 6 nitrogen and oxygen atoms in total. The topological polar surface area (TPSA) is 63.5 Å². The molecule has 0 atom stereocenters. The molecule has 0 aliphatic heterocycles. The van der Waals surface area contributed by atoms with E-state index in [4.69, 9.17) is 4.74 Å². The van der Waals surface area contributed by atoms with Crippen LogP contribution in [0.25, 0.3) is 0 Å². The number of nitrogens with zero attached hydrogens (tertiary/aromatic N) is 3. The van der Waals surface area contributed by atoms with E-state index in [0.717, 1.165) is 42.6 Å². The molecule has 0 radical (unpaired) electrons. The number of guanidine groups is 1. The average Bonchev–Trinajstić information content (AvgIpc) is 3.05. The molecule has 27 heavy (non-hydrogen) atoms. The fraction of sp³-hybridized carbons (Fsp3) is 0.500. The van der Waals surface area contributed by atoms with Gasteiger partial charge < -0.3 is 19.9 Å². The highest BCUT2D eigenvalue weighted by atomic mass is 127. The lowest BCUT2D eigenvalue weighted by Crippen LogP contribution is -2.38. The molecule has 0 saturated carbocycles. The number of hydrogen-bond donors (Lipinski definition) is 2. The first-order chi connectivity index (χ1) is 12.5. The highest BCUT2D eigenvalue weighted by Gasteiger charge is 2.06. The van der Waals surface area contributed by atoms with Crippen molar-refractivity contribution >= 4 is 29.9 Å². The highest BCUT2D eigenvalue weighted by Crippen LogP contribution is 2.18. The van der Waals surface area contributed by atoms with Crippen molar-refractivity contribution in [3.05, 3.63) is 47.5 Å². The number of hydrogen-bond acceptors (Lipinski definition) is 3. The van der Waals surface area contributed by atoms with Gasteiger partial charge in [0, 0.05) is 32.5 Å². The van der Waals surface area contributed by atoms with Crippen molar-refractivity contribution in [3.8, 4) is 5.75 Å². The van der Waals surface area contributed by atoms with Gasteiger partial charge in [-0.05, 0) is 36.5 Å². The van der Waals surface area contributed by atoms with Crippen LogP contribution in [0.2, 0.25) is 0 Å². The van der Waals surface area contributed by atoms with E-state index < -0.39 is 0 Å². The molecule has 2 aromatic rings. The number of rotatable bonds is 8. The molecular weight excluding hydrogens is 453 g/mol. The first kappa shape index (κ1) is 23.3. The first-order valence-electron chi connectivity index (χ1n) is 9.11. The normalized spacial score (nSPS) is 11.3. The molecule has 0 aliphatic carbocycles. The van der Waals surface area contributed by atoms with E-state index in [2.05, 4.69) is 64.1 Å². The number of aryl methyl sites for hydroxylation is 1. The second kappa shape index (κ2) is 11.8. The van der Waals surface area contributed by atoms with Crippen molar-refractivity contribution in [3.63, 3.8) is 0 Å². The van der Waals surface area contributed by atoms with Gasteiger partial charge in [0.2, 0.25) is 0 Å². The molecule has 2 rings (SSSR count). The SMILES string of the molecule is CN=C(NCCc1ccc(C)c(OC)c1)NCc1nccn1CC(C)C.I. The highest BCUT2D eigenvalue weighted by molar-refractivity contribution is 14.0. The van der Waals surface area contributed by atoms with Crippen LogP contribution in [0.1, 0.15) is 30.8 Å². The fourth-order valence-corrected chi connectivity index (χ4v) is 2.80. The largest absolute Gasteiger partial charge is 0.496 e. The number of benzene rings is 1. The lowest BCUT2D eigenvalue weighted by atomic mass is 10.1. The molecule has 0 aliphatic rings. The third-order valence-corrected chi connectivity index (χ3v) is 4.18. The summed E-state index contributed by atoms with van der Waals surface area (Å²) in [5.74, 6) is 3.32. The predicted molar refractivity (Wildman–Crippen MR) is 122 cm³/mol. The minimum atomic E-state index is 0. The molecule has 1 heterocycles. The number of halogens is 1. The van der Waals surface area contributed by atoms with E-state index in [-0.39, 0.29) is 24.0 Å². The van der Waals surface area contributed by atoms with Crippen LogP contribution in [0.15, 0.2) is 35.6 Å². The summed E-state index contributed by atoms with van der Waals surface area (Å²) in [6.45, 7) is 8.88. The van der Waals surface area contributed by atoms with Crippen molar-refractivity contribution < 1.29 is 4.74 Å². The van der Waals surface area contributed by atoms with Crippen molar-refractivity contribution in [2.24, 2.45) is 10.9 Å². The van der Waals surface area contributed by atoms with Crippen LogP contribution in [0.5, 0.6) is 5.75 Å². The second-order valence-corrected chi connectivity index (χ2v) is 6.80. The first-order valence-corrected chi connectivity index (χ1v) is 9.11. The number of ether oxygens (including phenoxy) is 1. The summed E-state index contributed by atoms with van der Waals surface area (Å²) in [5, 5.41) is 6.69. The van der Waals surface area contributed by atoms with Gasteiger partial charge >= 0.3 is 0 Å². The molecule has 150 valence electrons. The van der Waals surface area contributed by atoms with Crippen molar-refractivity contribution in [2.75, 3.05) is 20.7 Å².